The molecule has 1 fully saturated rings. The van der Waals surface area contributed by atoms with Crippen molar-refractivity contribution in [1.29, 1.82) is 0 Å². The number of carbonyl (C=O) groups is 1. The first-order valence-corrected chi connectivity index (χ1v) is 10.4. The maximum atomic E-state index is 13.7. The smallest absolute Gasteiger partial charge is 0.416 e. The molecule has 1 amide bonds. The van der Waals surface area contributed by atoms with Crippen molar-refractivity contribution in [3.63, 3.8) is 0 Å². The Morgan fingerprint density at radius 2 is 1.94 bits per heavy atom. The van der Waals surface area contributed by atoms with Crippen LogP contribution in [0.4, 0.5) is 32.6 Å². The van der Waals surface area contributed by atoms with E-state index in [4.69, 9.17) is 0 Å². The molecule has 6 nitrogen and oxygen atoms in total. The predicted octanol–water partition coefficient (Wildman–Crippen LogP) is 5.11. The molecule has 12 heteroatoms. The third-order valence-electron chi connectivity index (χ3n) is 5.74. The highest BCUT2D eigenvalue weighted by molar-refractivity contribution is 7.16. The molecule has 0 aromatic carbocycles. The minimum atomic E-state index is -4.67. The van der Waals surface area contributed by atoms with E-state index in [1.165, 1.54) is 0 Å². The van der Waals surface area contributed by atoms with Crippen molar-refractivity contribution in [2.45, 2.75) is 49.8 Å². The Bertz CT molecular complexity index is 1010. The molecule has 2 aromatic heterocycles. The summed E-state index contributed by atoms with van der Waals surface area (Å²) < 4.78 is 73.0. The van der Waals surface area contributed by atoms with Crippen LogP contribution >= 0.6 is 9.24 Å². The molecule has 2 aromatic rings. The van der Waals surface area contributed by atoms with Crippen LogP contribution in [0, 0.1) is 0 Å². The van der Waals surface area contributed by atoms with Gasteiger partial charge in [-0.3, -0.25) is 10.3 Å². The van der Waals surface area contributed by atoms with Gasteiger partial charge in [0.05, 0.1) is 16.8 Å². The van der Waals surface area contributed by atoms with Gasteiger partial charge in [-0.1, -0.05) is 12.8 Å². The molecule has 0 saturated heterocycles. The summed E-state index contributed by atoms with van der Waals surface area (Å²) in [5.41, 5.74) is -2.02. The molecule has 1 aliphatic carbocycles. The fraction of sp³-hybridized carbons (Fsp3) is 0.474. The Labute approximate surface area is 176 Å². The normalized spacial score (nSPS) is 20.4. The number of aromatic nitrogens is 3. The van der Waals surface area contributed by atoms with E-state index in [1.807, 2.05) is 0 Å². The molecule has 2 atom stereocenters. The lowest BCUT2D eigenvalue weighted by Crippen LogP contribution is -2.30. The number of rotatable bonds is 4. The van der Waals surface area contributed by atoms with Crippen LogP contribution in [0.5, 0.6) is 0 Å². The number of halogens is 5. The minimum absolute atomic E-state index is 0.224. The van der Waals surface area contributed by atoms with Crippen molar-refractivity contribution in [3.05, 3.63) is 35.3 Å². The van der Waals surface area contributed by atoms with E-state index in [-0.39, 0.29) is 28.5 Å². The molecule has 31 heavy (non-hydrogen) atoms. The summed E-state index contributed by atoms with van der Waals surface area (Å²) in [7, 11) is 2.57. The highest BCUT2D eigenvalue weighted by Gasteiger charge is 2.41. The van der Waals surface area contributed by atoms with Crippen LogP contribution in [0.15, 0.2) is 18.5 Å². The van der Waals surface area contributed by atoms with Gasteiger partial charge in [0.25, 0.3) is 6.43 Å². The van der Waals surface area contributed by atoms with Crippen LogP contribution in [0.2, 0.25) is 0 Å². The molecule has 1 N–H and O–H groups in total. The third kappa shape index (κ3) is 3.95. The van der Waals surface area contributed by atoms with Crippen LogP contribution in [-0.4, -0.2) is 33.6 Å². The standard InChI is InChI=1S/C19H18F5N4O2P/c20-15(21)14-12-13(25-8-26-16(12)28-17(29)30-14)10-5-9(19(22,23)24)6-11(27-10)18(7-31)3-1-2-4-18/h5-6,8,14-15H,1-4,7,31H2,(H,25,26,28,29). The first-order chi connectivity index (χ1) is 14.6. The highest BCUT2D eigenvalue weighted by atomic mass is 31.0. The summed E-state index contributed by atoms with van der Waals surface area (Å²) in [5, 5.41) is 2.19. The van der Waals surface area contributed by atoms with Gasteiger partial charge in [0.2, 0.25) is 0 Å². The number of pyridine rings is 1. The Morgan fingerprint density at radius 1 is 1.23 bits per heavy atom. The minimum Gasteiger partial charge on any atom is -0.435 e. The number of alkyl halides is 5. The number of nitrogens with one attached hydrogen (secondary N) is 1. The molecule has 0 spiro atoms. The molecule has 0 radical (unpaired) electrons. The Balaban J connectivity index is 1.94. The Hall–Kier alpha value is -2.42. The molecule has 4 rings (SSSR count). The van der Waals surface area contributed by atoms with Crippen molar-refractivity contribution >= 4 is 21.2 Å². The third-order valence-corrected chi connectivity index (χ3v) is 6.52. The highest BCUT2D eigenvalue weighted by Crippen LogP contribution is 2.45. The number of ether oxygens (including phenoxy) is 1. The summed E-state index contributed by atoms with van der Waals surface area (Å²) in [5.74, 6) is -0.242. The predicted molar refractivity (Wildman–Crippen MR) is 104 cm³/mol. The second kappa shape index (κ2) is 7.93. The number of carbonyl (C=O) groups excluding carboxylic acids is 1. The molecule has 166 valence electrons. The van der Waals surface area contributed by atoms with E-state index in [1.54, 1.807) is 0 Å². The fourth-order valence-electron chi connectivity index (χ4n) is 4.15. The lowest BCUT2D eigenvalue weighted by Gasteiger charge is -2.29. The number of nitrogens with zero attached hydrogens (tertiary/aromatic N) is 3. The molecule has 3 heterocycles. The van der Waals surface area contributed by atoms with Gasteiger partial charge in [-0.05, 0) is 31.1 Å². The summed E-state index contributed by atoms with van der Waals surface area (Å²) in [6, 6.07) is 1.80. The lowest BCUT2D eigenvalue weighted by molar-refractivity contribution is -0.137. The number of amides is 1. The SMILES string of the molecule is O=C1Nc2ncnc(-c3cc(C(F)(F)F)cc(C4(CP)CCCC4)n3)c2C(C(F)F)O1. The fourth-order valence-corrected chi connectivity index (χ4v) is 4.77. The maximum absolute atomic E-state index is 13.7. The van der Waals surface area contributed by atoms with Crippen molar-refractivity contribution in [2.75, 3.05) is 11.5 Å². The second-order valence-electron chi connectivity index (χ2n) is 7.59. The van der Waals surface area contributed by atoms with Gasteiger partial charge in [-0.25, -0.2) is 23.5 Å². The van der Waals surface area contributed by atoms with Crippen molar-refractivity contribution in [2.24, 2.45) is 0 Å². The molecule has 2 unspecified atom stereocenters. The van der Waals surface area contributed by atoms with Gasteiger partial charge >= 0.3 is 12.3 Å². The second-order valence-corrected chi connectivity index (χ2v) is 7.99. The molecular formula is C19H18F5N4O2P. The average molecular weight is 460 g/mol. The number of fused-ring (bicyclic) bond motifs is 1. The molecule has 1 saturated carbocycles. The number of cyclic esters (lactones) is 1. The molecular weight excluding hydrogens is 442 g/mol. The van der Waals surface area contributed by atoms with Crippen molar-refractivity contribution in [3.8, 4) is 11.4 Å². The zero-order valence-electron chi connectivity index (χ0n) is 16.0. The van der Waals surface area contributed by atoms with E-state index >= 15 is 0 Å². The summed E-state index contributed by atoms with van der Waals surface area (Å²) >= 11 is 0. The first-order valence-electron chi connectivity index (χ1n) is 9.55. The zero-order valence-corrected chi connectivity index (χ0v) is 17.2. The molecule has 0 bridgehead atoms. The van der Waals surface area contributed by atoms with E-state index in [2.05, 4.69) is 34.2 Å². The largest absolute Gasteiger partial charge is 0.435 e. The van der Waals surface area contributed by atoms with Gasteiger partial charge in [0, 0.05) is 11.1 Å². The van der Waals surface area contributed by atoms with E-state index in [0.717, 1.165) is 31.3 Å². The van der Waals surface area contributed by atoms with E-state index < -0.39 is 35.8 Å². The van der Waals surface area contributed by atoms with Gasteiger partial charge in [0.15, 0.2) is 6.10 Å². The Morgan fingerprint density at radius 3 is 2.55 bits per heavy atom. The number of anilines is 1. The van der Waals surface area contributed by atoms with E-state index in [9.17, 15) is 26.7 Å². The van der Waals surface area contributed by atoms with Crippen LogP contribution in [0.1, 0.15) is 48.6 Å². The topological polar surface area (TPSA) is 77.0 Å². The van der Waals surface area contributed by atoms with Gasteiger partial charge < -0.3 is 4.74 Å². The van der Waals surface area contributed by atoms with Crippen LogP contribution in [0.25, 0.3) is 11.4 Å². The van der Waals surface area contributed by atoms with Crippen LogP contribution in [-0.2, 0) is 16.3 Å². The van der Waals surface area contributed by atoms with Gasteiger partial charge in [0.1, 0.15) is 17.8 Å². The Kier molecular flexibility index (Phi) is 5.57. The van der Waals surface area contributed by atoms with Gasteiger partial charge in [-0.2, -0.15) is 13.2 Å². The molecule has 1 aliphatic heterocycles. The van der Waals surface area contributed by atoms with Crippen LogP contribution < -0.4 is 5.32 Å². The number of hydrogen-bond acceptors (Lipinski definition) is 5. The van der Waals surface area contributed by atoms with Crippen molar-refractivity contribution in [1.82, 2.24) is 15.0 Å². The summed E-state index contributed by atoms with van der Waals surface area (Å²) in [4.78, 5) is 23.8. The van der Waals surface area contributed by atoms with Gasteiger partial charge in [-0.15, -0.1) is 9.24 Å². The summed E-state index contributed by atoms with van der Waals surface area (Å²) in [6.45, 7) is 0. The quantitative estimate of drug-likeness (QED) is 0.507. The first kappa shape index (κ1) is 21.8. The zero-order chi connectivity index (χ0) is 22.4. The van der Waals surface area contributed by atoms with Crippen molar-refractivity contribution < 1.29 is 31.5 Å². The van der Waals surface area contributed by atoms with E-state index in [0.29, 0.717) is 19.0 Å². The average Bonchev–Trinajstić information content (AvgIpc) is 3.22. The summed E-state index contributed by atoms with van der Waals surface area (Å²) in [6.07, 6.45) is -6.41. The maximum Gasteiger partial charge on any atom is 0.416 e. The monoisotopic (exact) mass is 460 g/mol. The lowest BCUT2D eigenvalue weighted by atomic mass is 9.83. The van der Waals surface area contributed by atoms with Crippen LogP contribution in [0.3, 0.4) is 0 Å². The molecule has 2 aliphatic rings. The number of hydrogen-bond donors (Lipinski definition) is 1.